The first-order valence-corrected chi connectivity index (χ1v) is 6.77. The fourth-order valence-corrected chi connectivity index (χ4v) is 2.67. The summed E-state index contributed by atoms with van der Waals surface area (Å²) in [7, 11) is 1.91. The molecule has 6 nitrogen and oxygen atoms in total. The number of H-pyrrole nitrogens is 1. The van der Waals surface area contributed by atoms with E-state index < -0.39 is 0 Å². The molecule has 2 aromatic heterocycles. The first-order valence-electron chi connectivity index (χ1n) is 6.77. The van der Waals surface area contributed by atoms with Crippen LogP contribution in [0.2, 0.25) is 0 Å². The van der Waals surface area contributed by atoms with E-state index in [1.165, 1.54) is 30.3 Å². The number of anilines is 1. The number of nitrogens with one attached hydrogen (secondary N) is 1. The van der Waals surface area contributed by atoms with Crippen LogP contribution in [0.25, 0.3) is 0 Å². The zero-order valence-electron chi connectivity index (χ0n) is 11.4. The van der Waals surface area contributed by atoms with E-state index in [0.717, 1.165) is 18.5 Å². The first-order chi connectivity index (χ1) is 9.79. The van der Waals surface area contributed by atoms with Gasteiger partial charge in [-0.05, 0) is 31.2 Å². The Balaban J connectivity index is 1.84. The van der Waals surface area contributed by atoms with Gasteiger partial charge in [-0.1, -0.05) is 0 Å². The minimum absolute atomic E-state index is 0.347. The van der Waals surface area contributed by atoms with E-state index in [9.17, 15) is 0 Å². The molecule has 0 amide bonds. The van der Waals surface area contributed by atoms with Gasteiger partial charge >= 0.3 is 0 Å². The van der Waals surface area contributed by atoms with Crippen LogP contribution in [-0.4, -0.2) is 27.2 Å². The molecule has 0 aromatic carbocycles. The fraction of sp³-hybridized carbons (Fsp3) is 0.429. The van der Waals surface area contributed by atoms with Crippen LogP contribution in [0.3, 0.4) is 0 Å². The summed E-state index contributed by atoms with van der Waals surface area (Å²) in [5.74, 6) is 0.600. The number of hydrogen-bond acceptors (Lipinski definition) is 5. The molecule has 0 saturated heterocycles. The Kier molecular flexibility index (Phi) is 3.33. The van der Waals surface area contributed by atoms with Gasteiger partial charge in [-0.2, -0.15) is 10.4 Å². The Morgan fingerprint density at radius 1 is 1.30 bits per heavy atom. The van der Waals surface area contributed by atoms with Gasteiger partial charge in [0.15, 0.2) is 11.5 Å². The molecule has 102 valence electrons. The molecule has 2 aromatic rings. The number of aryl methyl sites for hydroxylation is 1. The van der Waals surface area contributed by atoms with Crippen LogP contribution in [0.5, 0.6) is 0 Å². The van der Waals surface area contributed by atoms with E-state index in [1.54, 1.807) is 6.20 Å². The number of aromatic nitrogens is 4. The van der Waals surface area contributed by atoms with Crippen molar-refractivity contribution in [3.63, 3.8) is 0 Å². The van der Waals surface area contributed by atoms with Crippen LogP contribution in [0, 0.1) is 11.3 Å². The molecule has 0 saturated carbocycles. The van der Waals surface area contributed by atoms with E-state index in [2.05, 4.69) is 26.2 Å². The number of aromatic amines is 1. The third-order valence-corrected chi connectivity index (χ3v) is 3.68. The topological polar surface area (TPSA) is 81.5 Å². The van der Waals surface area contributed by atoms with Crippen LogP contribution in [0.4, 0.5) is 5.82 Å². The first kappa shape index (κ1) is 12.6. The quantitative estimate of drug-likeness (QED) is 0.914. The molecule has 1 N–H and O–H groups in total. The molecule has 3 rings (SSSR count). The number of hydrogen-bond donors (Lipinski definition) is 1. The van der Waals surface area contributed by atoms with Crippen molar-refractivity contribution in [3.05, 3.63) is 35.0 Å². The van der Waals surface area contributed by atoms with Gasteiger partial charge in [-0.15, -0.1) is 0 Å². The lowest BCUT2D eigenvalue weighted by atomic mass is 9.96. The van der Waals surface area contributed by atoms with Crippen molar-refractivity contribution >= 4 is 5.82 Å². The standard InChI is InChI=1S/C14H16N6/c1-20(14-12(8-15)16-6-7-17-14)9-13-10-4-2-3-5-11(10)18-19-13/h6-7H,2-5,9H2,1H3,(H,18,19). The molecule has 0 fully saturated rings. The smallest absolute Gasteiger partial charge is 0.183 e. The Labute approximate surface area is 117 Å². The van der Waals surface area contributed by atoms with E-state index >= 15 is 0 Å². The molecule has 1 aliphatic rings. The van der Waals surface area contributed by atoms with Crippen LogP contribution in [-0.2, 0) is 19.4 Å². The number of fused-ring (bicyclic) bond motifs is 1. The van der Waals surface area contributed by atoms with Crippen LogP contribution < -0.4 is 4.90 Å². The van der Waals surface area contributed by atoms with Gasteiger partial charge in [0.25, 0.3) is 0 Å². The van der Waals surface area contributed by atoms with Crippen molar-refractivity contribution in [2.45, 2.75) is 32.2 Å². The van der Waals surface area contributed by atoms with E-state index in [0.29, 0.717) is 18.1 Å². The highest BCUT2D eigenvalue weighted by atomic mass is 15.2. The second-order valence-corrected chi connectivity index (χ2v) is 5.03. The minimum Gasteiger partial charge on any atom is -0.351 e. The fourth-order valence-electron chi connectivity index (χ4n) is 2.67. The maximum absolute atomic E-state index is 9.08. The summed E-state index contributed by atoms with van der Waals surface area (Å²) in [4.78, 5) is 10.2. The van der Waals surface area contributed by atoms with Crippen molar-refractivity contribution in [1.29, 1.82) is 5.26 Å². The second kappa shape index (κ2) is 5.29. The van der Waals surface area contributed by atoms with Gasteiger partial charge in [0.1, 0.15) is 6.07 Å². The van der Waals surface area contributed by atoms with Crippen LogP contribution >= 0.6 is 0 Å². The van der Waals surface area contributed by atoms with Gasteiger partial charge in [-0.3, -0.25) is 5.10 Å². The third kappa shape index (κ3) is 2.23. The predicted molar refractivity (Wildman–Crippen MR) is 74.1 cm³/mol. The third-order valence-electron chi connectivity index (χ3n) is 3.68. The zero-order valence-corrected chi connectivity index (χ0v) is 11.4. The van der Waals surface area contributed by atoms with Crippen molar-refractivity contribution < 1.29 is 0 Å². The van der Waals surface area contributed by atoms with Crippen molar-refractivity contribution in [3.8, 4) is 6.07 Å². The second-order valence-electron chi connectivity index (χ2n) is 5.03. The summed E-state index contributed by atoms with van der Waals surface area (Å²) in [5, 5.41) is 16.6. The predicted octanol–water partition coefficient (Wildman–Crippen LogP) is 1.59. The highest BCUT2D eigenvalue weighted by Gasteiger charge is 2.19. The number of nitriles is 1. The monoisotopic (exact) mass is 268 g/mol. The van der Waals surface area contributed by atoms with Gasteiger partial charge in [0, 0.05) is 25.1 Å². The van der Waals surface area contributed by atoms with Gasteiger partial charge < -0.3 is 4.90 Å². The summed E-state index contributed by atoms with van der Waals surface area (Å²) in [6.45, 7) is 0.638. The number of rotatable bonds is 3. The Morgan fingerprint density at radius 2 is 2.10 bits per heavy atom. The highest BCUT2D eigenvalue weighted by Crippen LogP contribution is 2.24. The molecule has 0 radical (unpaired) electrons. The van der Waals surface area contributed by atoms with Crippen LogP contribution in [0.15, 0.2) is 12.4 Å². The molecule has 2 heterocycles. The highest BCUT2D eigenvalue weighted by molar-refractivity contribution is 5.49. The Morgan fingerprint density at radius 3 is 2.95 bits per heavy atom. The lowest BCUT2D eigenvalue weighted by Crippen LogP contribution is -2.20. The largest absolute Gasteiger partial charge is 0.351 e. The zero-order chi connectivity index (χ0) is 13.9. The average molecular weight is 268 g/mol. The molecule has 6 heteroatoms. The summed E-state index contributed by atoms with van der Waals surface area (Å²) in [5.41, 5.74) is 4.00. The van der Waals surface area contributed by atoms with Crippen LogP contribution in [0.1, 0.15) is 35.5 Å². The van der Waals surface area contributed by atoms with Gasteiger partial charge in [0.2, 0.25) is 0 Å². The maximum atomic E-state index is 9.08. The summed E-state index contributed by atoms with van der Waals surface area (Å²) in [6.07, 6.45) is 7.76. The average Bonchev–Trinajstić information content (AvgIpc) is 2.90. The van der Waals surface area contributed by atoms with Gasteiger partial charge in [0.05, 0.1) is 12.2 Å². The Bertz CT molecular complexity index is 654. The molecule has 1 aliphatic carbocycles. The molecule has 0 unspecified atom stereocenters. The SMILES string of the molecule is CN(Cc1n[nH]c2c1CCCC2)c1nccnc1C#N. The lowest BCUT2D eigenvalue weighted by molar-refractivity contribution is 0.671. The van der Waals surface area contributed by atoms with Crippen molar-refractivity contribution in [2.24, 2.45) is 0 Å². The van der Waals surface area contributed by atoms with Crippen molar-refractivity contribution in [2.75, 3.05) is 11.9 Å². The minimum atomic E-state index is 0.347. The lowest BCUT2D eigenvalue weighted by Gasteiger charge is -2.19. The Hall–Kier alpha value is -2.42. The summed E-state index contributed by atoms with van der Waals surface area (Å²) >= 11 is 0. The summed E-state index contributed by atoms with van der Waals surface area (Å²) < 4.78 is 0. The van der Waals surface area contributed by atoms with E-state index in [4.69, 9.17) is 5.26 Å². The van der Waals surface area contributed by atoms with Gasteiger partial charge in [-0.25, -0.2) is 9.97 Å². The van der Waals surface area contributed by atoms with E-state index in [-0.39, 0.29) is 0 Å². The molecule has 0 bridgehead atoms. The van der Waals surface area contributed by atoms with E-state index in [1.807, 2.05) is 11.9 Å². The molecule has 20 heavy (non-hydrogen) atoms. The summed E-state index contributed by atoms with van der Waals surface area (Å²) in [6, 6.07) is 2.07. The van der Waals surface area contributed by atoms with Crippen molar-refractivity contribution in [1.82, 2.24) is 20.2 Å². The molecule has 0 aliphatic heterocycles. The maximum Gasteiger partial charge on any atom is 0.183 e. The number of nitrogens with zero attached hydrogens (tertiary/aromatic N) is 5. The molecular formula is C14H16N6. The molecule has 0 spiro atoms. The normalized spacial score (nSPS) is 13.6. The molecule has 0 atom stereocenters. The molecular weight excluding hydrogens is 252 g/mol.